The molecule has 1 atom stereocenters. The van der Waals surface area contributed by atoms with Crippen molar-refractivity contribution in [2.45, 2.75) is 45.6 Å². The molecule has 0 spiro atoms. The van der Waals surface area contributed by atoms with E-state index in [-0.39, 0.29) is 0 Å². The highest BCUT2D eigenvalue weighted by molar-refractivity contribution is 5.25. The summed E-state index contributed by atoms with van der Waals surface area (Å²) in [6.45, 7) is 7.28. The normalized spacial score (nSPS) is 28.3. The van der Waals surface area contributed by atoms with Crippen LogP contribution in [0.2, 0.25) is 0 Å². The molecular formula is C14H23N3. The number of fused-ring (bicyclic) bond motifs is 1. The topological polar surface area (TPSA) is 21.1 Å². The molecule has 2 aliphatic rings. The van der Waals surface area contributed by atoms with Gasteiger partial charge in [-0.1, -0.05) is 13.8 Å². The van der Waals surface area contributed by atoms with E-state index in [1.807, 2.05) is 0 Å². The minimum Gasteiger partial charge on any atom is -0.296 e. The van der Waals surface area contributed by atoms with E-state index in [9.17, 15) is 0 Å². The molecule has 1 unspecified atom stereocenters. The summed E-state index contributed by atoms with van der Waals surface area (Å²) in [6, 6.07) is 0.634. The van der Waals surface area contributed by atoms with Crippen molar-refractivity contribution in [1.29, 1.82) is 0 Å². The lowest BCUT2D eigenvalue weighted by Gasteiger charge is -2.32. The van der Waals surface area contributed by atoms with E-state index in [4.69, 9.17) is 0 Å². The third-order valence-electron chi connectivity index (χ3n) is 4.49. The summed E-state index contributed by atoms with van der Waals surface area (Å²) in [7, 11) is 2.08. The van der Waals surface area contributed by atoms with Gasteiger partial charge in [-0.3, -0.25) is 9.58 Å². The predicted molar refractivity (Wildman–Crippen MR) is 68.9 cm³/mol. The van der Waals surface area contributed by atoms with Gasteiger partial charge >= 0.3 is 0 Å². The first kappa shape index (κ1) is 11.3. The van der Waals surface area contributed by atoms with Crippen LogP contribution < -0.4 is 0 Å². The Labute approximate surface area is 104 Å². The SMILES string of the molecule is Cn1ncc2c1CCCC2N1CCC(C)(C)C1. The van der Waals surface area contributed by atoms with Crippen LogP contribution in [0.1, 0.15) is 50.4 Å². The van der Waals surface area contributed by atoms with Crippen molar-refractivity contribution in [3.8, 4) is 0 Å². The molecule has 0 N–H and O–H groups in total. The standard InChI is InChI=1S/C14H23N3/c1-14(2)7-8-17(10-14)13-6-4-5-12-11(13)9-15-16(12)3/h9,13H,4-8,10H2,1-3H3. The van der Waals surface area contributed by atoms with Gasteiger partial charge < -0.3 is 0 Å². The molecule has 3 nitrogen and oxygen atoms in total. The summed E-state index contributed by atoms with van der Waals surface area (Å²) < 4.78 is 2.07. The van der Waals surface area contributed by atoms with Gasteiger partial charge in [0.1, 0.15) is 0 Å². The van der Waals surface area contributed by atoms with Crippen LogP contribution in [0.25, 0.3) is 0 Å². The number of aryl methyl sites for hydroxylation is 1. The lowest BCUT2D eigenvalue weighted by atomic mass is 9.91. The van der Waals surface area contributed by atoms with Crippen LogP contribution in [0.5, 0.6) is 0 Å². The Bertz CT molecular complexity index is 419. The van der Waals surface area contributed by atoms with Crippen molar-refractivity contribution >= 4 is 0 Å². The van der Waals surface area contributed by atoms with Crippen LogP contribution in [-0.2, 0) is 13.5 Å². The minimum absolute atomic E-state index is 0.500. The zero-order chi connectivity index (χ0) is 12.0. The van der Waals surface area contributed by atoms with Crippen LogP contribution in [0, 0.1) is 5.41 Å². The molecule has 3 heteroatoms. The summed E-state index contributed by atoms with van der Waals surface area (Å²) in [6.07, 6.45) is 7.27. The second-order valence-corrected chi connectivity index (χ2v) is 6.46. The van der Waals surface area contributed by atoms with Gasteiger partial charge in [-0.2, -0.15) is 5.10 Å². The Morgan fingerprint density at radius 1 is 1.41 bits per heavy atom. The van der Waals surface area contributed by atoms with E-state index >= 15 is 0 Å². The predicted octanol–water partition coefficient (Wildman–Crippen LogP) is 2.53. The Balaban J connectivity index is 1.86. The van der Waals surface area contributed by atoms with E-state index in [0.29, 0.717) is 11.5 Å². The maximum atomic E-state index is 4.45. The third-order valence-corrected chi connectivity index (χ3v) is 4.49. The number of aromatic nitrogens is 2. The summed E-state index contributed by atoms with van der Waals surface area (Å²) in [5.74, 6) is 0. The van der Waals surface area contributed by atoms with E-state index in [1.54, 1.807) is 0 Å². The molecule has 1 fully saturated rings. The largest absolute Gasteiger partial charge is 0.296 e. The highest BCUT2D eigenvalue weighted by atomic mass is 15.3. The van der Waals surface area contributed by atoms with Crippen molar-refractivity contribution in [2.24, 2.45) is 12.5 Å². The van der Waals surface area contributed by atoms with Gasteiger partial charge in [-0.15, -0.1) is 0 Å². The van der Waals surface area contributed by atoms with E-state index in [0.717, 1.165) is 0 Å². The molecule has 3 rings (SSSR count). The Morgan fingerprint density at radius 2 is 2.24 bits per heavy atom. The second-order valence-electron chi connectivity index (χ2n) is 6.46. The number of hydrogen-bond donors (Lipinski definition) is 0. The summed E-state index contributed by atoms with van der Waals surface area (Å²) >= 11 is 0. The molecule has 0 radical (unpaired) electrons. The number of likely N-dealkylation sites (tertiary alicyclic amines) is 1. The zero-order valence-electron chi connectivity index (χ0n) is 11.2. The van der Waals surface area contributed by atoms with Gasteiger partial charge in [0.25, 0.3) is 0 Å². The molecule has 2 heterocycles. The fourth-order valence-corrected chi connectivity index (χ4v) is 3.48. The van der Waals surface area contributed by atoms with Gasteiger partial charge in [-0.25, -0.2) is 0 Å². The van der Waals surface area contributed by atoms with Gasteiger partial charge in [0.2, 0.25) is 0 Å². The van der Waals surface area contributed by atoms with Crippen LogP contribution in [0.15, 0.2) is 6.20 Å². The molecule has 1 aliphatic heterocycles. The van der Waals surface area contributed by atoms with Crippen LogP contribution in [0.3, 0.4) is 0 Å². The lowest BCUT2D eigenvalue weighted by molar-refractivity contribution is 0.198. The maximum absolute atomic E-state index is 4.45. The molecule has 0 bridgehead atoms. The number of rotatable bonds is 1. The van der Waals surface area contributed by atoms with Crippen molar-refractivity contribution in [3.63, 3.8) is 0 Å². The molecule has 0 aromatic carbocycles. The molecule has 1 aromatic heterocycles. The first-order chi connectivity index (χ1) is 8.07. The molecule has 94 valence electrons. The fraction of sp³-hybridized carbons (Fsp3) is 0.786. The average molecular weight is 233 g/mol. The number of hydrogen-bond acceptors (Lipinski definition) is 2. The highest BCUT2D eigenvalue weighted by Gasteiger charge is 2.36. The smallest absolute Gasteiger partial charge is 0.0540 e. The molecule has 1 aromatic rings. The molecule has 17 heavy (non-hydrogen) atoms. The third kappa shape index (κ3) is 1.90. The molecule has 0 saturated carbocycles. The molecule has 0 amide bonds. The Hall–Kier alpha value is -0.830. The quantitative estimate of drug-likeness (QED) is 0.743. The second kappa shape index (κ2) is 3.84. The highest BCUT2D eigenvalue weighted by Crippen LogP contribution is 2.40. The van der Waals surface area contributed by atoms with Gasteiger partial charge in [0, 0.05) is 30.9 Å². The van der Waals surface area contributed by atoms with E-state index < -0.39 is 0 Å². The van der Waals surface area contributed by atoms with Gasteiger partial charge in [0.15, 0.2) is 0 Å². The van der Waals surface area contributed by atoms with E-state index in [1.165, 1.54) is 50.0 Å². The van der Waals surface area contributed by atoms with Gasteiger partial charge in [0.05, 0.1) is 6.20 Å². The Kier molecular flexibility index (Phi) is 2.54. The monoisotopic (exact) mass is 233 g/mol. The maximum Gasteiger partial charge on any atom is 0.0540 e. The molecular weight excluding hydrogens is 210 g/mol. The van der Waals surface area contributed by atoms with Crippen LogP contribution in [0.4, 0.5) is 0 Å². The van der Waals surface area contributed by atoms with Crippen LogP contribution in [-0.4, -0.2) is 27.8 Å². The number of nitrogens with zero attached hydrogens (tertiary/aromatic N) is 3. The summed E-state index contributed by atoms with van der Waals surface area (Å²) in [5, 5.41) is 4.45. The first-order valence-corrected chi connectivity index (χ1v) is 6.82. The van der Waals surface area contributed by atoms with Gasteiger partial charge in [-0.05, 0) is 37.6 Å². The zero-order valence-corrected chi connectivity index (χ0v) is 11.2. The Morgan fingerprint density at radius 3 is 2.94 bits per heavy atom. The molecule has 1 saturated heterocycles. The first-order valence-electron chi connectivity index (χ1n) is 6.82. The van der Waals surface area contributed by atoms with Crippen molar-refractivity contribution < 1.29 is 0 Å². The summed E-state index contributed by atoms with van der Waals surface area (Å²) in [5.41, 5.74) is 3.46. The van der Waals surface area contributed by atoms with Crippen molar-refractivity contribution in [1.82, 2.24) is 14.7 Å². The minimum atomic E-state index is 0.500. The van der Waals surface area contributed by atoms with Crippen molar-refractivity contribution in [3.05, 3.63) is 17.5 Å². The van der Waals surface area contributed by atoms with E-state index in [2.05, 4.69) is 41.8 Å². The average Bonchev–Trinajstić information content (AvgIpc) is 2.83. The van der Waals surface area contributed by atoms with Crippen LogP contribution >= 0.6 is 0 Å². The summed E-state index contributed by atoms with van der Waals surface area (Å²) in [4.78, 5) is 2.68. The fourth-order valence-electron chi connectivity index (χ4n) is 3.48. The lowest BCUT2D eigenvalue weighted by Crippen LogP contribution is -2.30. The van der Waals surface area contributed by atoms with Crippen molar-refractivity contribution in [2.75, 3.05) is 13.1 Å². The molecule has 1 aliphatic carbocycles.